The maximum Gasteiger partial charge on any atom is 0.123 e. The third-order valence-corrected chi connectivity index (χ3v) is 3.91. The van der Waals surface area contributed by atoms with Crippen molar-refractivity contribution >= 4 is 22.9 Å². The molecular weight excluding hydrogens is 257 g/mol. The van der Waals surface area contributed by atoms with Gasteiger partial charge in [0.2, 0.25) is 0 Å². The number of rotatable bonds is 3. The monoisotopic (exact) mass is 269 g/mol. The predicted molar refractivity (Wildman–Crippen MR) is 71.0 cm³/mol. The summed E-state index contributed by atoms with van der Waals surface area (Å²) in [4.78, 5) is 1.13. The molecular formula is C13H13ClFNS. The summed E-state index contributed by atoms with van der Waals surface area (Å²) < 4.78 is 13.6. The number of thiophene rings is 1. The van der Waals surface area contributed by atoms with Crippen LogP contribution in [-0.4, -0.2) is 0 Å². The lowest BCUT2D eigenvalue weighted by Gasteiger charge is -2.24. The number of benzene rings is 1. The molecule has 0 amide bonds. The summed E-state index contributed by atoms with van der Waals surface area (Å²) >= 11 is 7.41. The van der Waals surface area contributed by atoms with Gasteiger partial charge in [0.1, 0.15) is 5.82 Å². The molecule has 1 unspecified atom stereocenters. The number of hydrogen-bond acceptors (Lipinski definition) is 2. The first-order chi connectivity index (χ1) is 7.97. The molecule has 0 fully saturated rings. The Hall–Kier alpha value is -0.900. The first-order valence-corrected chi connectivity index (χ1v) is 6.46. The van der Waals surface area contributed by atoms with Crippen LogP contribution in [0.2, 0.25) is 4.34 Å². The highest BCUT2D eigenvalue weighted by Crippen LogP contribution is 2.28. The van der Waals surface area contributed by atoms with Crippen LogP contribution in [0.3, 0.4) is 0 Å². The van der Waals surface area contributed by atoms with Crippen LogP contribution in [0.1, 0.15) is 17.4 Å². The predicted octanol–water partition coefficient (Wildman–Crippen LogP) is 3.96. The SMILES string of the molecule is CC(N)(Cc1ccc(Cl)s1)c1ccc(F)cc1. The Morgan fingerprint density at radius 1 is 1.24 bits per heavy atom. The second-order valence-electron chi connectivity index (χ2n) is 4.31. The first kappa shape index (κ1) is 12.6. The highest BCUT2D eigenvalue weighted by atomic mass is 35.5. The smallest absolute Gasteiger partial charge is 0.123 e. The number of nitrogens with two attached hydrogens (primary N) is 1. The number of halogens is 2. The third-order valence-electron chi connectivity index (χ3n) is 2.67. The molecule has 2 rings (SSSR count). The summed E-state index contributed by atoms with van der Waals surface area (Å²) in [5.74, 6) is -0.247. The molecule has 0 aliphatic heterocycles. The van der Waals surface area contributed by atoms with Crippen molar-refractivity contribution in [3.8, 4) is 0 Å². The summed E-state index contributed by atoms with van der Waals surface area (Å²) in [6.07, 6.45) is 0.690. The minimum Gasteiger partial charge on any atom is -0.321 e. The van der Waals surface area contributed by atoms with E-state index < -0.39 is 5.54 Å². The molecule has 2 aromatic rings. The summed E-state index contributed by atoms with van der Waals surface area (Å²) in [5, 5.41) is 0. The highest BCUT2D eigenvalue weighted by Gasteiger charge is 2.22. The van der Waals surface area contributed by atoms with Gasteiger partial charge in [-0.25, -0.2) is 4.39 Å². The molecule has 0 saturated heterocycles. The van der Waals surface area contributed by atoms with Crippen LogP contribution < -0.4 is 5.73 Å². The van der Waals surface area contributed by atoms with Crippen LogP contribution >= 0.6 is 22.9 Å². The lowest BCUT2D eigenvalue weighted by atomic mass is 9.89. The van der Waals surface area contributed by atoms with E-state index in [0.717, 1.165) is 14.8 Å². The normalized spacial score (nSPS) is 14.6. The van der Waals surface area contributed by atoms with Gasteiger partial charge in [-0.3, -0.25) is 0 Å². The standard InChI is InChI=1S/C13H13ClFNS/c1-13(16,8-11-6-7-12(14)17-11)9-2-4-10(15)5-3-9/h2-7H,8,16H2,1H3. The Balaban J connectivity index is 2.21. The molecule has 1 nitrogen and oxygen atoms in total. The van der Waals surface area contributed by atoms with Crippen LogP contribution in [0.15, 0.2) is 36.4 Å². The van der Waals surface area contributed by atoms with Gasteiger partial charge in [-0.1, -0.05) is 23.7 Å². The molecule has 17 heavy (non-hydrogen) atoms. The molecule has 1 atom stereocenters. The molecule has 90 valence electrons. The fraction of sp³-hybridized carbons (Fsp3) is 0.231. The van der Waals surface area contributed by atoms with Crippen LogP contribution in [0, 0.1) is 5.82 Å². The molecule has 0 aliphatic rings. The molecule has 0 bridgehead atoms. The first-order valence-electron chi connectivity index (χ1n) is 5.26. The van der Waals surface area contributed by atoms with E-state index in [1.54, 1.807) is 12.1 Å². The topological polar surface area (TPSA) is 26.0 Å². The highest BCUT2D eigenvalue weighted by molar-refractivity contribution is 7.16. The van der Waals surface area contributed by atoms with Gasteiger partial charge in [0, 0.05) is 16.8 Å². The van der Waals surface area contributed by atoms with E-state index in [4.69, 9.17) is 17.3 Å². The van der Waals surface area contributed by atoms with Gasteiger partial charge >= 0.3 is 0 Å². The lowest BCUT2D eigenvalue weighted by Crippen LogP contribution is -2.35. The number of hydrogen-bond donors (Lipinski definition) is 1. The van der Waals surface area contributed by atoms with Gasteiger partial charge in [0.05, 0.1) is 4.34 Å². The molecule has 0 spiro atoms. The summed E-state index contributed by atoms with van der Waals surface area (Å²) in [6.45, 7) is 1.94. The van der Waals surface area contributed by atoms with E-state index in [9.17, 15) is 4.39 Å². The molecule has 1 aromatic heterocycles. The van der Waals surface area contributed by atoms with Crippen LogP contribution in [-0.2, 0) is 12.0 Å². The second kappa shape index (κ2) is 4.77. The molecule has 1 aromatic carbocycles. The Kier molecular flexibility index (Phi) is 3.52. The molecule has 2 N–H and O–H groups in total. The van der Waals surface area contributed by atoms with E-state index in [0.29, 0.717) is 6.42 Å². The zero-order valence-electron chi connectivity index (χ0n) is 9.41. The maximum atomic E-state index is 12.8. The fourth-order valence-corrected chi connectivity index (χ4v) is 3.00. The zero-order chi connectivity index (χ0) is 12.5. The van der Waals surface area contributed by atoms with E-state index in [2.05, 4.69) is 0 Å². The van der Waals surface area contributed by atoms with Crippen molar-refractivity contribution in [2.45, 2.75) is 18.9 Å². The average Bonchev–Trinajstić information content (AvgIpc) is 2.63. The largest absolute Gasteiger partial charge is 0.321 e. The fourth-order valence-electron chi connectivity index (χ4n) is 1.74. The van der Waals surface area contributed by atoms with Crippen molar-refractivity contribution in [3.05, 3.63) is 57.0 Å². The molecule has 1 heterocycles. The lowest BCUT2D eigenvalue weighted by molar-refractivity contribution is 0.494. The Morgan fingerprint density at radius 2 is 1.88 bits per heavy atom. The minimum atomic E-state index is -0.512. The van der Waals surface area contributed by atoms with Gasteiger partial charge < -0.3 is 5.73 Å². The van der Waals surface area contributed by atoms with Crippen molar-refractivity contribution in [2.24, 2.45) is 5.73 Å². The van der Waals surface area contributed by atoms with Gasteiger partial charge in [-0.15, -0.1) is 11.3 Å². The molecule has 0 saturated carbocycles. The van der Waals surface area contributed by atoms with Gasteiger partial charge in [0.25, 0.3) is 0 Å². The summed E-state index contributed by atoms with van der Waals surface area (Å²) in [5.41, 5.74) is 6.68. The second-order valence-corrected chi connectivity index (χ2v) is 6.11. The van der Waals surface area contributed by atoms with E-state index in [1.807, 2.05) is 19.1 Å². The maximum absolute atomic E-state index is 12.8. The summed E-state index contributed by atoms with van der Waals surface area (Å²) in [7, 11) is 0. The third kappa shape index (κ3) is 3.06. The van der Waals surface area contributed by atoms with Gasteiger partial charge in [0.15, 0.2) is 0 Å². The van der Waals surface area contributed by atoms with E-state index in [1.165, 1.54) is 23.5 Å². The van der Waals surface area contributed by atoms with Crippen molar-refractivity contribution in [3.63, 3.8) is 0 Å². The van der Waals surface area contributed by atoms with E-state index >= 15 is 0 Å². The van der Waals surface area contributed by atoms with Crippen molar-refractivity contribution in [2.75, 3.05) is 0 Å². The Morgan fingerprint density at radius 3 is 2.41 bits per heavy atom. The molecule has 0 radical (unpaired) electrons. The average molecular weight is 270 g/mol. The van der Waals surface area contributed by atoms with E-state index in [-0.39, 0.29) is 5.82 Å². The quantitative estimate of drug-likeness (QED) is 0.897. The molecule has 0 aliphatic carbocycles. The van der Waals surface area contributed by atoms with Crippen molar-refractivity contribution in [1.82, 2.24) is 0 Å². The Labute approximate surface area is 109 Å². The summed E-state index contributed by atoms with van der Waals surface area (Å²) in [6, 6.07) is 10.2. The van der Waals surface area contributed by atoms with Crippen molar-refractivity contribution < 1.29 is 4.39 Å². The van der Waals surface area contributed by atoms with Crippen LogP contribution in [0.5, 0.6) is 0 Å². The molecule has 4 heteroatoms. The van der Waals surface area contributed by atoms with Crippen LogP contribution in [0.25, 0.3) is 0 Å². The minimum absolute atomic E-state index is 0.247. The van der Waals surface area contributed by atoms with Gasteiger partial charge in [-0.05, 0) is 36.8 Å². The zero-order valence-corrected chi connectivity index (χ0v) is 11.0. The Bertz CT molecular complexity index is 504. The van der Waals surface area contributed by atoms with Crippen molar-refractivity contribution in [1.29, 1.82) is 0 Å². The van der Waals surface area contributed by atoms with Gasteiger partial charge in [-0.2, -0.15) is 0 Å². The van der Waals surface area contributed by atoms with Crippen LogP contribution in [0.4, 0.5) is 4.39 Å².